The molecule has 0 radical (unpaired) electrons. The number of benzene rings is 1. The molecule has 0 saturated carbocycles. The minimum absolute atomic E-state index is 0.281. The fraction of sp³-hybridized carbons (Fsp3) is 0.273. The predicted octanol–water partition coefficient (Wildman–Crippen LogP) is 0.376. The number of nitrogens with one attached hydrogen (secondary N) is 1. The summed E-state index contributed by atoms with van der Waals surface area (Å²) in [4.78, 5) is 4.55. The highest BCUT2D eigenvalue weighted by Crippen LogP contribution is 2.17. The molecule has 1 heterocycles. The molecule has 1 aromatic heterocycles. The number of nitrogens with two attached hydrogens (primary N) is 1. The van der Waals surface area contributed by atoms with Gasteiger partial charge in [0.05, 0.1) is 4.90 Å². The Balaban J connectivity index is 2.28. The second-order valence-electron chi connectivity index (χ2n) is 3.94. The molecule has 0 aliphatic rings. The standard InChI is InChI=1S/C11H14N4O2S/c1-18(16,17)9-4-2-8(3-5-9)11-13-10(6-7-12)14-15-11/h2-5H,6-7,12H2,1H3,(H,13,14,15). The van der Waals surface area contributed by atoms with Gasteiger partial charge in [0, 0.05) is 18.2 Å². The van der Waals surface area contributed by atoms with Gasteiger partial charge in [-0.25, -0.2) is 13.4 Å². The van der Waals surface area contributed by atoms with Gasteiger partial charge in [0.15, 0.2) is 15.7 Å². The molecule has 18 heavy (non-hydrogen) atoms. The monoisotopic (exact) mass is 266 g/mol. The number of aromatic amines is 1. The molecule has 0 unspecified atom stereocenters. The number of nitrogens with zero attached hydrogens (tertiary/aromatic N) is 2. The molecule has 2 rings (SSSR count). The molecule has 0 aliphatic carbocycles. The largest absolute Gasteiger partial charge is 0.330 e. The Kier molecular flexibility index (Phi) is 3.44. The number of rotatable bonds is 4. The Labute approximate surface area is 105 Å². The molecule has 0 spiro atoms. The first-order valence-corrected chi connectivity index (χ1v) is 7.31. The van der Waals surface area contributed by atoms with Gasteiger partial charge >= 0.3 is 0 Å². The molecule has 0 bridgehead atoms. The van der Waals surface area contributed by atoms with Gasteiger partial charge < -0.3 is 5.73 Å². The number of hydrogen-bond acceptors (Lipinski definition) is 5. The van der Waals surface area contributed by atoms with Crippen LogP contribution in [0.15, 0.2) is 29.2 Å². The third-order valence-electron chi connectivity index (χ3n) is 2.45. The van der Waals surface area contributed by atoms with E-state index in [1.165, 1.54) is 6.26 Å². The average Bonchev–Trinajstić information content (AvgIpc) is 2.77. The molecular weight excluding hydrogens is 252 g/mol. The zero-order chi connectivity index (χ0) is 13.2. The maximum atomic E-state index is 11.3. The second-order valence-corrected chi connectivity index (χ2v) is 5.96. The molecule has 6 nitrogen and oxygen atoms in total. The predicted molar refractivity (Wildman–Crippen MR) is 67.7 cm³/mol. The van der Waals surface area contributed by atoms with E-state index < -0.39 is 9.84 Å². The van der Waals surface area contributed by atoms with Crippen molar-refractivity contribution in [3.05, 3.63) is 30.1 Å². The van der Waals surface area contributed by atoms with Crippen molar-refractivity contribution in [1.82, 2.24) is 15.2 Å². The van der Waals surface area contributed by atoms with Crippen LogP contribution in [0, 0.1) is 0 Å². The van der Waals surface area contributed by atoms with E-state index in [0.29, 0.717) is 18.8 Å². The number of sulfone groups is 1. The summed E-state index contributed by atoms with van der Waals surface area (Å²) in [6.07, 6.45) is 1.81. The van der Waals surface area contributed by atoms with Gasteiger partial charge in [-0.15, -0.1) is 0 Å². The van der Waals surface area contributed by atoms with Crippen molar-refractivity contribution >= 4 is 9.84 Å². The molecule has 0 saturated heterocycles. The average molecular weight is 266 g/mol. The molecule has 96 valence electrons. The third-order valence-corrected chi connectivity index (χ3v) is 3.58. The third kappa shape index (κ3) is 2.74. The van der Waals surface area contributed by atoms with Crippen LogP contribution in [0.25, 0.3) is 11.4 Å². The first kappa shape index (κ1) is 12.7. The van der Waals surface area contributed by atoms with E-state index in [0.717, 1.165) is 11.4 Å². The van der Waals surface area contributed by atoms with E-state index in [9.17, 15) is 8.42 Å². The summed E-state index contributed by atoms with van der Waals surface area (Å²) in [5.41, 5.74) is 6.19. The molecule has 0 aliphatic heterocycles. The van der Waals surface area contributed by atoms with Gasteiger partial charge in [-0.2, -0.15) is 5.10 Å². The number of hydrogen-bond donors (Lipinski definition) is 2. The van der Waals surface area contributed by atoms with E-state index in [1.807, 2.05) is 0 Å². The molecule has 0 amide bonds. The lowest BCUT2D eigenvalue weighted by molar-refractivity contribution is 0.602. The second kappa shape index (κ2) is 4.87. The van der Waals surface area contributed by atoms with Crippen molar-refractivity contribution in [3.63, 3.8) is 0 Å². The van der Waals surface area contributed by atoms with E-state index in [1.54, 1.807) is 24.3 Å². The molecular formula is C11H14N4O2S. The Morgan fingerprint density at radius 2 is 1.94 bits per heavy atom. The fourth-order valence-electron chi connectivity index (χ4n) is 1.52. The maximum Gasteiger partial charge on any atom is 0.181 e. The molecule has 3 N–H and O–H groups in total. The van der Waals surface area contributed by atoms with E-state index >= 15 is 0 Å². The van der Waals surface area contributed by atoms with Gasteiger partial charge in [0.25, 0.3) is 0 Å². The number of H-pyrrole nitrogens is 1. The van der Waals surface area contributed by atoms with Gasteiger partial charge in [-0.1, -0.05) is 0 Å². The van der Waals surface area contributed by atoms with Crippen LogP contribution in [0.2, 0.25) is 0 Å². The normalized spacial score (nSPS) is 11.7. The molecule has 0 atom stereocenters. The topological polar surface area (TPSA) is 102 Å². The van der Waals surface area contributed by atoms with Crippen LogP contribution in [-0.2, 0) is 16.3 Å². The minimum atomic E-state index is -3.17. The number of aromatic nitrogens is 3. The highest BCUT2D eigenvalue weighted by molar-refractivity contribution is 7.90. The summed E-state index contributed by atoms with van der Waals surface area (Å²) >= 11 is 0. The van der Waals surface area contributed by atoms with E-state index in [4.69, 9.17) is 5.73 Å². The van der Waals surface area contributed by atoms with Crippen LogP contribution in [0.1, 0.15) is 5.82 Å². The van der Waals surface area contributed by atoms with Crippen LogP contribution >= 0.6 is 0 Å². The Hall–Kier alpha value is -1.73. The van der Waals surface area contributed by atoms with Crippen molar-refractivity contribution in [2.75, 3.05) is 12.8 Å². The van der Waals surface area contributed by atoms with Gasteiger partial charge in [0.2, 0.25) is 0 Å². The summed E-state index contributed by atoms with van der Waals surface area (Å²) < 4.78 is 22.6. The van der Waals surface area contributed by atoms with Crippen molar-refractivity contribution in [2.24, 2.45) is 5.73 Å². The summed E-state index contributed by atoms with van der Waals surface area (Å²) in [5.74, 6) is 1.26. The quantitative estimate of drug-likeness (QED) is 0.832. The first-order valence-electron chi connectivity index (χ1n) is 5.42. The Morgan fingerprint density at radius 3 is 2.50 bits per heavy atom. The SMILES string of the molecule is CS(=O)(=O)c1ccc(-c2n[nH]c(CCN)n2)cc1. The van der Waals surface area contributed by atoms with E-state index in [-0.39, 0.29) is 4.90 Å². The van der Waals surface area contributed by atoms with Crippen molar-refractivity contribution in [2.45, 2.75) is 11.3 Å². The lowest BCUT2D eigenvalue weighted by Crippen LogP contribution is -2.03. The van der Waals surface area contributed by atoms with Gasteiger partial charge in [-0.3, -0.25) is 5.10 Å². The lowest BCUT2D eigenvalue weighted by Gasteiger charge is -1.99. The van der Waals surface area contributed by atoms with Crippen LogP contribution < -0.4 is 5.73 Å². The summed E-state index contributed by atoms with van der Waals surface area (Å²) in [7, 11) is -3.17. The van der Waals surface area contributed by atoms with Crippen LogP contribution in [0.3, 0.4) is 0 Å². The molecule has 7 heteroatoms. The first-order chi connectivity index (χ1) is 8.50. The van der Waals surface area contributed by atoms with Crippen LogP contribution in [0.4, 0.5) is 0 Å². The fourth-order valence-corrected chi connectivity index (χ4v) is 2.15. The minimum Gasteiger partial charge on any atom is -0.330 e. The highest BCUT2D eigenvalue weighted by Gasteiger charge is 2.09. The van der Waals surface area contributed by atoms with Crippen molar-refractivity contribution in [1.29, 1.82) is 0 Å². The lowest BCUT2D eigenvalue weighted by atomic mass is 10.2. The zero-order valence-corrected chi connectivity index (χ0v) is 10.7. The highest BCUT2D eigenvalue weighted by atomic mass is 32.2. The van der Waals surface area contributed by atoms with Crippen molar-refractivity contribution in [3.8, 4) is 11.4 Å². The van der Waals surface area contributed by atoms with Crippen LogP contribution in [0.5, 0.6) is 0 Å². The molecule has 0 fully saturated rings. The maximum absolute atomic E-state index is 11.3. The Bertz CT molecular complexity index is 631. The van der Waals surface area contributed by atoms with Gasteiger partial charge in [-0.05, 0) is 30.8 Å². The van der Waals surface area contributed by atoms with Gasteiger partial charge in [0.1, 0.15) is 5.82 Å². The summed E-state index contributed by atoms with van der Waals surface area (Å²) in [6.45, 7) is 0.502. The summed E-state index contributed by atoms with van der Waals surface area (Å²) in [5, 5.41) is 6.85. The van der Waals surface area contributed by atoms with Crippen molar-refractivity contribution < 1.29 is 8.42 Å². The molecule has 2 aromatic rings. The van der Waals surface area contributed by atoms with E-state index in [2.05, 4.69) is 15.2 Å². The summed E-state index contributed by atoms with van der Waals surface area (Å²) in [6, 6.07) is 6.46. The Morgan fingerprint density at radius 1 is 1.28 bits per heavy atom. The smallest absolute Gasteiger partial charge is 0.181 e. The molecule has 1 aromatic carbocycles. The van der Waals surface area contributed by atoms with Crippen LogP contribution in [-0.4, -0.2) is 36.4 Å². The zero-order valence-electron chi connectivity index (χ0n) is 9.92.